The summed E-state index contributed by atoms with van der Waals surface area (Å²) in [4.78, 5) is 30.2. The Kier molecular flexibility index (Phi) is 6.11. The van der Waals surface area contributed by atoms with Gasteiger partial charge in [0.1, 0.15) is 13.2 Å². The minimum atomic E-state index is -0.167. The lowest BCUT2D eigenvalue weighted by Gasteiger charge is -2.36. The third kappa shape index (κ3) is 4.63. The summed E-state index contributed by atoms with van der Waals surface area (Å²) in [6, 6.07) is 13.7. The van der Waals surface area contributed by atoms with Gasteiger partial charge in [0.25, 0.3) is 0 Å². The zero-order valence-corrected chi connectivity index (χ0v) is 19.1. The molecule has 33 heavy (non-hydrogen) atoms. The smallest absolute Gasteiger partial charge is 0.321 e. The van der Waals surface area contributed by atoms with E-state index in [9.17, 15) is 9.59 Å². The number of benzene rings is 2. The van der Waals surface area contributed by atoms with E-state index in [-0.39, 0.29) is 23.9 Å². The van der Waals surface area contributed by atoms with Gasteiger partial charge in [0.15, 0.2) is 11.5 Å². The molecule has 2 aromatic carbocycles. The second kappa shape index (κ2) is 9.33. The Balaban J connectivity index is 1.26. The first kappa shape index (κ1) is 21.6. The number of fused-ring (bicyclic) bond motifs is 1. The summed E-state index contributed by atoms with van der Waals surface area (Å²) in [5.41, 5.74) is 2.97. The maximum absolute atomic E-state index is 13.6. The molecule has 2 unspecified atom stereocenters. The van der Waals surface area contributed by atoms with Crippen molar-refractivity contribution in [2.45, 2.75) is 38.6 Å². The molecule has 2 atom stereocenters. The van der Waals surface area contributed by atoms with Gasteiger partial charge in [0.2, 0.25) is 5.91 Å². The first-order chi connectivity index (χ1) is 16.1. The van der Waals surface area contributed by atoms with Gasteiger partial charge < -0.3 is 24.6 Å². The Labute approximate surface area is 194 Å². The number of carbonyl (C=O) groups is 2. The molecule has 0 spiro atoms. The van der Waals surface area contributed by atoms with Crippen molar-refractivity contribution in [3.8, 4) is 11.5 Å². The van der Waals surface area contributed by atoms with Crippen molar-refractivity contribution in [2.75, 3.05) is 38.2 Å². The number of nitrogens with one attached hydrogen (secondary N) is 1. The van der Waals surface area contributed by atoms with Gasteiger partial charge >= 0.3 is 6.03 Å². The van der Waals surface area contributed by atoms with Crippen LogP contribution < -0.4 is 14.8 Å². The highest BCUT2D eigenvalue weighted by molar-refractivity contribution is 5.90. The van der Waals surface area contributed by atoms with Crippen LogP contribution in [-0.4, -0.2) is 54.6 Å². The summed E-state index contributed by atoms with van der Waals surface area (Å²) in [6.07, 6.45) is 3.57. The molecule has 0 bridgehead atoms. The monoisotopic (exact) mass is 449 g/mol. The molecular weight excluding hydrogens is 418 g/mol. The van der Waals surface area contributed by atoms with Crippen LogP contribution in [0.15, 0.2) is 42.5 Å². The lowest BCUT2D eigenvalue weighted by atomic mass is 9.95. The Morgan fingerprint density at radius 3 is 2.64 bits per heavy atom. The van der Waals surface area contributed by atoms with Gasteiger partial charge in [0.05, 0.1) is 12.0 Å². The molecule has 174 valence electrons. The minimum absolute atomic E-state index is 0.0461. The maximum atomic E-state index is 13.6. The van der Waals surface area contributed by atoms with Gasteiger partial charge in [-0.05, 0) is 68.0 Å². The van der Waals surface area contributed by atoms with Crippen molar-refractivity contribution in [2.24, 2.45) is 5.92 Å². The Morgan fingerprint density at radius 1 is 0.970 bits per heavy atom. The molecule has 0 radical (unpaired) electrons. The van der Waals surface area contributed by atoms with Crippen LogP contribution in [-0.2, 0) is 4.79 Å². The number of likely N-dealkylation sites (tertiary alicyclic amines) is 2. The Hall–Kier alpha value is -3.22. The van der Waals surface area contributed by atoms with Crippen LogP contribution in [0.1, 0.15) is 42.9 Å². The van der Waals surface area contributed by atoms with E-state index in [1.807, 2.05) is 54.3 Å². The van der Waals surface area contributed by atoms with E-state index in [4.69, 9.17) is 9.47 Å². The number of hydrogen-bond donors (Lipinski definition) is 1. The summed E-state index contributed by atoms with van der Waals surface area (Å²) in [7, 11) is 0. The molecular formula is C26H31N3O4. The van der Waals surface area contributed by atoms with Crippen LogP contribution >= 0.6 is 0 Å². The van der Waals surface area contributed by atoms with Crippen LogP contribution in [0.2, 0.25) is 0 Å². The van der Waals surface area contributed by atoms with Crippen LogP contribution in [0.25, 0.3) is 0 Å². The molecule has 1 N–H and O–H groups in total. The normalized spacial score (nSPS) is 22.2. The quantitative estimate of drug-likeness (QED) is 0.755. The van der Waals surface area contributed by atoms with Crippen molar-refractivity contribution in [1.29, 1.82) is 0 Å². The van der Waals surface area contributed by atoms with Gasteiger partial charge in [-0.2, -0.15) is 0 Å². The average Bonchev–Trinajstić information content (AvgIpc) is 3.33. The molecule has 3 heterocycles. The number of rotatable bonds is 3. The van der Waals surface area contributed by atoms with Crippen molar-refractivity contribution >= 4 is 17.6 Å². The number of amides is 3. The second-order valence-corrected chi connectivity index (χ2v) is 9.18. The van der Waals surface area contributed by atoms with Crippen LogP contribution in [0.5, 0.6) is 11.5 Å². The fraction of sp³-hybridized carbons (Fsp3) is 0.462. The summed E-state index contributed by atoms with van der Waals surface area (Å²) in [5.74, 6) is 1.51. The molecule has 2 saturated heterocycles. The standard InChI is InChI=1S/C26H31N3O4/c1-18-5-2-7-21(15-18)27-26(31)28-11-3-6-20(17-28)25(30)29-12-4-8-22(29)19-9-10-23-24(16-19)33-14-13-32-23/h2,5,7,9-10,15-16,20,22H,3-4,6,8,11-14,17H2,1H3,(H,27,31). The minimum Gasteiger partial charge on any atom is -0.486 e. The van der Waals surface area contributed by atoms with E-state index in [0.29, 0.717) is 26.3 Å². The lowest BCUT2D eigenvalue weighted by molar-refractivity contribution is -0.137. The molecule has 3 amide bonds. The van der Waals surface area contributed by atoms with Crippen molar-refractivity contribution in [3.05, 3.63) is 53.6 Å². The number of urea groups is 1. The van der Waals surface area contributed by atoms with Gasteiger partial charge in [-0.15, -0.1) is 0 Å². The number of hydrogen-bond acceptors (Lipinski definition) is 4. The van der Waals surface area contributed by atoms with Crippen molar-refractivity contribution < 1.29 is 19.1 Å². The van der Waals surface area contributed by atoms with E-state index < -0.39 is 0 Å². The van der Waals surface area contributed by atoms with Gasteiger partial charge in [-0.25, -0.2) is 4.79 Å². The van der Waals surface area contributed by atoms with E-state index in [1.54, 1.807) is 4.90 Å². The topological polar surface area (TPSA) is 71.1 Å². The van der Waals surface area contributed by atoms with Crippen molar-refractivity contribution in [3.63, 3.8) is 0 Å². The van der Waals surface area contributed by atoms with Gasteiger partial charge in [-0.3, -0.25) is 4.79 Å². The highest BCUT2D eigenvalue weighted by atomic mass is 16.6. The van der Waals surface area contributed by atoms with E-state index in [0.717, 1.165) is 60.5 Å². The number of carbonyl (C=O) groups excluding carboxylic acids is 2. The first-order valence-electron chi connectivity index (χ1n) is 11.9. The number of anilines is 1. The van der Waals surface area contributed by atoms with E-state index in [2.05, 4.69) is 5.32 Å². The molecule has 7 heteroatoms. The highest BCUT2D eigenvalue weighted by Gasteiger charge is 2.37. The van der Waals surface area contributed by atoms with E-state index in [1.165, 1.54) is 0 Å². The molecule has 2 aromatic rings. The fourth-order valence-electron chi connectivity index (χ4n) is 5.17. The van der Waals surface area contributed by atoms with Crippen LogP contribution in [0.3, 0.4) is 0 Å². The van der Waals surface area contributed by atoms with Gasteiger partial charge in [0, 0.05) is 25.3 Å². The molecule has 3 aliphatic rings. The summed E-state index contributed by atoms with van der Waals surface area (Å²) >= 11 is 0. The summed E-state index contributed by atoms with van der Waals surface area (Å²) in [6.45, 7) is 5.00. The fourth-order valence-corrected chi connectivity index (χ4v) is 5.17. The number of ether oxygens (including phenoxy) is 2. The zero-order chi connectivity index (χ0) is 22.8. The molecule has 2 fully saturated rings. The van der Waals surface area contributed by atoms with Crippen LogP contribution in [0.4, 0.5) is 10.5 Å². The molecule has 5 rings (SSSR count). The summed E-state index contributed by atoms with van der Waals surface area (Å²) < 4.78 is 11.4. The SMILES string of the molecule is Cc1cccc(NC(=O)N2CCCC(C(=O)N3CCCC3c3ccc4c(c3)OCCO4)C2)c1. The van der Waals surface area contributed by atoms with Crippen LogP contribution in [0, 0.1) is 12.8 Å². The highest BCUT2D eigenvalue weighted by Crippen LogP contribution is 2.39. The third-order valence-corrected chi connectivity index (χ3v) is 6.81. The molecule has 0 aliphatic carbocycles. The predicted octanol–water partition coefficient (Wildman–Crippen LogP) is 4.37. The van der Waals surface area contributed by atoms with Gasteiger partial charge in [-0.1, -0.05) is 18.2 Å². The molecule has 3 aliphatic heterocycles. The van der Waals surface area contributed by atoms with Crippen molar-refractivity contribution in [1.82, 2.24) is 9.80 Å². The predicted molar refractivity (Wildman–Crippen MR) is 126 cm³/mol. The lowest BCUT2D eigenvalue weighted by Crippen LogP contribution is -2.47. The number of nitrogens with zero attached hydrogens (tertiary/aromatic N) is 2. The Morgan fingerprint density at radius 2 is 1.79 bits per heavy atom. The Bertz CT molecular complexity index is 1040. The second-order valence-electron chi connectivity index (χ2n) is 9.18. The molecule has 0 saturated carbocycles. The van der Waals surface area contributed by atoms with E-state index >= 15 is 0 Å². The average molecular weight is 450 g/mol. The molecule has 7 nitrogen and oxygen atoms in total. The zero-order valence-electron chi connectivity index (χ0n) is 19.1. The number of aryl methyl sites for hydroxylation is 1. The maximum Gasteiger partial charge on any atom is 0.321 e. The molecule has 0 aromatic heterocycles. The number of piperidine rings is 1. The first-order valence-corrected chi connectivity index (χ1v) is 11.9. The summed E-state index contributed by atoms with van der Waals surface area (Å²) in [5, 5.41) is 2.98. The largest absolute Gasteiger partial charge is 0.486 e. The third-order valence-electron chi connectivity index (χ3n) is 6.81.